The average Bonchev–Trinajstić information content (AvgIpc) is 3.71. The quantitative estimate of drug-likeness (QED) is 0.0998. The number of hydrogen-bond donors (Lipinski definition) is 0. The van der Waals surface area contributed by atoms with Crippen LogP contribution in [0.1, 0.15) is 22.6 Å². The van der Waals surface area contributed by atoms with Gasteiger partial charge in [0.2, 0.25) is 0 Å². The fourth-order valence-corrected chi connectivity index (χ4v) is 13.2. The number of hydrogen-bond acceptors (Lipinski definition) is 0. The maximum Gasteiger partial charge on any atom is 0.0340 e. The highest BCUT2D eigenvalue weighted by molar-refractivity contribution is 6.24. The molecule has 0 heteroatoms. The highest BCUT2D eigenvalue weighted by Gasteiger charge is 2.23. The van der Waals surface area contributed by atoms with Gasteiger partial charge < -0.3 is 0 Å². The van der Waals surface area contributed by atoms with Crippen molar-refractivity contribution in [3.8, 4) is 66.8 Å². The Morgan fingerprint density at radius 1 is 0.127 bits per heavy atom. The zero-order valence-corrected chi connectivity index (χ0v) is 43.5. The van der Waals surface area contributed by atoms with E-state index >= 15 is 0 Å². The van der Waals surface area contributed by atoms with E-state index < -0.39 is 0 Å². The van der Waals surface area contributed by atoms with Gasteiger partial charge in [-0.15, -0.1) is 0 Å². The zero-order valence-electron chi connectivity index (χ0n) is 43.5. The summed E-state index contributed by atoms with van der Waals surface area (Å²) in [6.07, 6.45) is 0. The average molecular weight is 1000 g/mol. The largest absolute Gasteiger partial charge is 0.0622 e. The smallest absolute Gasteiger partial charge is 0.0340 e. The minimum atomic E-state index is -0.0472. The molecule has 0 aromatic heterocycles. The molecular formula is C79H52. The minimum absolute atomic E-state index is 0.0472. The van der Waals surface area contributed by atoms with Crippen molar-refractivity contribution in [3.05, 3.63) is 326 Å². The molecule has 0 saturated heterocycles. The lowest BCUT2D eigenvalue weighted by molar-refractivity contribution is 0.978. The van der Waals surface area contributed by atoms with Gasteiger partial charge in [-0.05, 0) is 148 Å². The fraction of sp³-hybridized carbons (Fsp3) is 0.0127. The summed E-state index contributed by atoms with van der Waals surface area (Å²) in [6.45, 7) is 0. The van der Waals surface area contributed by atoms with Crippen molar-refractivity contribution in [2.24, 2.45) is 0 Å². The van der Waals surface area contributed by atoms with Crippen molar-refractivity contribution in [1.82, 2.24) is 0 Å². The van der Waals surface area contributed by atoms with E-state index in [1.807, 2.05) is 0 Å². The summed E-state index contributed by atoms with van der Waals surface area (Å²) in [6, 6.07) is 115. The molecule has 15 aromatic rings. The van der Waals surface area contributed by atoms with Crippen molar-refractivity contribution in [1.29, 1.82) is 0 Å². The van der Waals surface area contributed by atoms with E-state index in [1.165, 1.54) is 148 Å². The standard InChI is InChI=1S/C79H52/c1-4-22-52(23-5-1)74-61-28-10-16-34-67(61)77(68-35-17-11-29-62(68)74)58-46-40-55(41-47-58)73(56-42-48-59(49-43-56)78-69-36-18-12-30-63(69)75(53-24-6-2-7-25-53)64-31-13-19-37-70(64)78)57-44-50-60(51-45-57)79-71-38-20-14-32-65(71)76(54-26-8-3-9-27-54)66-33-15-21-39-72(66)79/h1-51,73H. The summed E-state index contributed by atoms with van der Waals surface area (Å²) < 4.78 is 0. The first-order chi connectivity index (χ1) is 39.2. The Bertz CT molecular complexity index is 4110. The van der Waals surface area contributed by atoms with Crippen LogP contribution in [0.25, 0.3) is 131 Å². The number of fused-ring (bicyclic) bond motifs is 6. The molecule has 0 saturated carbocycles. The summed E-state index contributed by atoms with van der Waals surface area (Å²) in [7, 11) is 0. The number of benzene rings is 15. The van der Waals surface area contributed by atoms with E-state index in [0.717, 1.165) is 0 Å². The maximum atomic E-state index is 2.38. The summed E-state index contributed by atoms with van der Waals surface area (Å²) >= 11 is 0. The molecule has 0 unspecified atom stereocenters. The Labute approximate surface area is 460 Å². The fourth-order valence-electron chi connectivity index (χ4n) is 13.2. The maximum absolute atomic E-state index is 2.38. The molecule has 15 aromatic carbocycles. The van der Waals surface area contributed by atoms with E-state index in [9.17, 15) is 0 Å². The van der Waals surface area contributed by atoms with Crippen LogP contribution in [0.5, 0.6) is 0 Å². The van der Waals surface area contributed by atoms with E-state index in [0.29, 0.717) is 0 Å². The van der Waals surface area contributed by atoms with Gasteiger partial charge in [0.15, 0.2) is 0 Å². The SMILES string of the molecule is c1ccc(-c2c3ccccc3c(-c3ccc(C(c4ccc(-c5c6ccccc6c(-c6ccccc6)c6ccccc56)cc4)c4ccc(-c5c6ccccc6c(-c6ccccc6)c6ccccc56)cc4)cc3)c3ccccc23)cc1. The van der Waals surface area contributed by atoms with E-state index in [-0.39, 0.29) is 5.92 Å². The minimum Gasteiger partial charge on any atom is -0.0622 e. The molecule has 0 nitrogen and oxygen atoms in total. The van der Waals surface area contributed by atoms with Crippen LogP contribution >= 0.6 is 0 Å². The van der Waals surface area contributed by atoms with Gasteiger partial charge in [0.1, 0.15) is 0 Å². The van der Waals surface area contributed by atoms with Crippen molar-refractivity contribution in [2.45, 2.75) is 5.92 Å². The lowest BCUT2D eigenvalue weighted by Crippen LogP contribution is -2.04. The monoisotopic (exact) mass is 1000 g/mol. The molecule has 0 atom stereocenters. The van der Waals surface area contributed by atoms with Gasteiger partial charge in [0.05, 0.1) is 0 Å². The van der Waals surface area contributed by atoms with E-state index in [4.69, 9.17) is 0 Å². The zero-order chi connectivity index (χ0) is 52.2. The van der Waals surface area contributed by atoms with Gasteiger partial charge >= 0.3 is 0 Å². The van der Waals surface area contributed by atoms with Gasteiger partial charge in [-0.2, -0.15) is 0 Å². The summed E-state index contributed by atoms with van der Waals surface area (Å²) in [5.74, 6) is -0.0472. The highest BCUT2D eigenvalue weighted by atomic mass is 14.3. The molecule has 0 fully saturated rings. The summed E-state index contributed by atoms with van der Waals surface area (Å²) in [4.78, 5) is 0. The molecular weight excluding hydrogens is 949 g/mol. The van der Waals surface area contributed by atoms with Gasteiger partial charge in [0.25, 0.3) is 0 Å². The van der Waals surface area contributed by atoms with Crippen LogP contribution in [0.3, 0.4) is 0 Å². The third kappa shape index (κ3) is 7.83. The molecule has 0 aliphatic carbocycles. The third-order valence-electron chi connectivity index (χ3n) is 16.6. The van der Waals surface area contributed by atoms with Crippen molar-refractivity contribution < 1.29 is 0 Å². The predicted molar refractivity (Wildman–Crippen MR) is 338 cm³/mol. The van der Waals surface area contributed by atoms with E-state index in [1.54, 1.807) is 0 Å². The van der Waals surface area contributed by atoms with Crippen LogP contribution in [0, 0.1) is 0 Å². The van der Waals surface area contributed by atoms with Crippen LogP contribution in [0.4, 0.5) is 0 Å². The Balaban J connectivity index is 0.894. The van der Waals surface area contributed by atoms with Gasteiger partial charge in [0, 0.05) is 5.92 Å². The van der Waals surface area contributed by atoms with Crippen molar-refractivity contribution >= 4 is 64.6 Å². The molecule has 368 valence electrons. The number of rotatable bonds is 9. The summed E-state index contributed by atoms with van der Waals surface area (Å²) in [5, 5.41) is 15.1. The molecule has 0 bridgehead atoms. The first kappa shape index (κ1) is 46.2. The molecule has 0 spiro atoms. The molecule has 15 rings (SSSR count). The van der Waals surface area contributed by atoms with Crippen LogP contribution in [-0.2, 0) is 0 Å². The van der Waals surface area contributed by atoms with Gasteiger partial charge in [-0.3, -0.25) is 0 Å². The topological polar surface area (TPSA) is 0 Å². The second-order valence-corrected chi connectivity index (χ2v) is 20.9. The molecule has 0 heterocycles. The summed E-state index contributed by atoms with van der Waals surface area (Å²) in [5.41, 5.74) is 18.6. The highest BCUT2D eigenvalue weighted by Crippen LogP contribution is 2.48. The van der Waals surface area contributed by atoms with Crippen molar-refractivity contribution in [2.75, 3.05) is 0 Å². The third-order valence-corrected chi connectivity index (χ3v) is 16.6. The molecule has 79 heavy (non-hydrogen) atoms. The lowest BCUT2D eigenvalue weighted by Gasteiger charge is -2.22. The molecule has 0 amide bonds. The van der Waals surface area contributed by atoms with E-state index in [2.05, 4.69) is 309 Å². The van der Waals surface area contributed by atoms with Crippen LogP contribution in [0.15, 0.2) is 309 Å². The Morgan fingerprint density at radius 2 is 0.266 bits per heavy atom. The predicted octanol–water partition coefficient (Wildman–Crippen LogP) is 21.8. The van der Waals surface area contributed by atoms with Crippen LogP contribution < -0.4 is 0 Å². The van der Waals surface area contributed by atoms with Crippen LogP contribution in [-0.4, -0.2) is 0 Å². The molecule has 0 radical (unpaired) electrons. The molecule has 0 aliphatic heterocycles. The second kappa shape index (κ2) is 19.5. The van der Waals surface area contributed by atoms with Crippen molar-refractivity contribution in [3.63, 3.8) is 0 Å². The first-order valence-electron chi connectivity index (χ1n) is 27.5. The molecule has 0 aliphatic rings. The Kier molecular flexibility index (Phi) is 11.4. The van der Waals surface area contributed by atoms with Gasteiger partial charge in [-0.1, -0.05) is 309 Å². The lowest BCUT2D eigenvalue weighted by atomic mass is 9.81. The first-order valence-corrected chi connectivity index (χ1v) is 27.5. The van der Waals surface area contributed by atoms with Gasteiger partial charge in [-0.25, -0.2) is 0 Å². The Hall–Kier alpha value is -10.1. The molecule has 0 N–H and O–H groups in total. The normalized spacial score (nSPS) is 11.7. The Morgan fingerprint density at radius 3 is 0.430 bits per heavy atom. The van der Waals surface area contributed by atoms with Crippen LogP contribution in [0.2, 0.25) is 0 Å². The second-order valence-electron chi connectivity index (χ2n) is 20.9.